The molecule has 0 N–H and O–H groups in total. The SMILES string of the molecule is C[SiH](O[SiH](C)O[Si](C)(C)C)O[Si](C)(C)C.C[Si](C)(C)O[SiH](O[Si](C)(C)C)O[Si](C)(O[Si](C)(C)C)O[Si](C)(C)C. The molecule has 0 radical (unpaired) electrons. The van der Waals surface area contributed by atoms with Crippen LogP contribution in [0, 0.1) is 0 Å². The van der Waals surface area contributed by atoms with Gasteiger partial charge in [0.15, 0.2) is 49.9 Å². The first-order chi connectivity index (χ1) is 16.7. The second-order valence-corrected chi connectivity index (χ2v) is 53.2. The largest absolute Gasteiger partial charge is 0.469 e. The molecular formula is C21H66O8Si10. The van der Waals surface area contributed by atoms with Crippen LogP contribution in [0.25, 0.3) is 0 Å². The topological polar surface area (TPSA) is 73.8 Å². The summed E-state index contributed by atoms with van der Waals surface area (Å²) in [6, 6.07) is 0. The van der Waals surface area contributed by atoms with Gasteiger partial charge in [0.25, 0.3) is 18.6 Å². The van der Waals surface area contributed by atoms with Crippen LogP contribution < -0.4 is 0 Å². The van der Waals surface area contributed by atoms with Crippen molar-refractivity contribution in [1.29, 1.82) is 0 Å². The highest BCUT2D eigenvalue weighted by atomic mass is 28.5. The fourth-order valence-electron chi connectivity index (χ4n) is 3.33. The van der Waals surface area contributed by atoms with E-state index in [0.29, 0.717) is 0 Å². The molecule has 0 aliphatic carbocycles. The lowest BCUT2D eigenvalue weighted by molar-refractivity contribution is 0.206. The van der Waals surface area contributed by atoms with Gasteiger partial charge in [-0.3, -0.25) is 0 Å². The van der Waals surface area contributed by atoms with E-state index in [1.165, 1.54) is 0 Å². The minimum atomic E-state index is -2.80. The molecule has 0 saturated heterocycles. The maximum Gasteiger partial charge on any atom is 0.469 e. The molecule has 0 rings (SSSR count). The molecule has 0 aliphatic heterocycles. The molecule has 2 unspecified atom stereocenters. The van der Waals surface area contributed by atoms with Gasteiger partial charge < -0.3 is 32.9 Å². The Morgan fingerprint density at radius 2 is 0.590 bits per heavy atom. The summed E-state index contributed by atoms with van der Waals surface area (Å²) in [5.41, 5.74) is 0. The third kappa shape index (κ3) is 31.1. The summed E-state index contributed by atoms with van der Waals surface area (Å²) in [5.74, 6) is 0. The molecular weight excluding hydrogens is 661 g/mol. The van der Waals surface area contributed by atoms with Gasteiger partial charge in [-0.1, -0.05) is 0 Å². The molecule has 0 heterocycles. The van der Waals surface area contributed by atoms with Crippen molar-refractivity contribution in [2.45, 2.75) is 137 Å². The highest BCUT2D eigenvalue weighted by Gasteiger charge is 2.47. The zero-order valence-corrected chi connectivity index (χ0v) is 40.0. The number of hydrogen-bond donors (Lipinski definition) is 0. The predicted molar refractivity (Wildman–Crippen MR) is 194 cm³/mol. The monoisotopic (exact) mass is 726 g/mol. The molecule has 0 spiro atoms. The molecule has 0 aromatic heterocycles. The molecule has 0 aliphatic rings. The van der Waals surface area contributed by atoms with E-state index in [2.05, 4.69) is 131 Å². The lowest BCUT2D eigenvalue weighted by Crippen LogP contribution is -2.59. The third-order valence-corrected chi connectivity index (χ3v) is 32.5. The molecule has 0 saturated carbocycles. The van der Waals surface area contributed by atoms with Crippen LogP contribution in [-0.2, 0) is 32.9 Å². The van der Waals surface area contributed by atoms with Crippen molar-refractivity contribution < 1.29 is 32.9 Å². The smallest absolute Gasteiger partial charge is 0.439 e. The van der Waals surface area contributed by atoms with Gasteiger partial charge in [-0.15, -0.1) is 0 Å². The summed E-state index contributed by atoms with van der Waals surface area (Å²) >= 11 is 0. The average Bonchev–Trinajstić information content (AvgIpc) is 2.42. The van der Waals surface area contributed by atoms with Gasteiger partial charge in [-0.25, -0.2) is 0 Å². The molecule has 8 nitrogen and oxygen atoms in total. The Labute approximate surface area is 256 Å². The average molecular weight is 728 g/mol. The van der Waals surface area contributed by atoms with Crippen LogP contribution in [-0.4, -0.2) is 86.8 Å². The Morgan fingerprint density at radius 3 is 0.795 bits per heavy atom. The summed E-state index contributed by atoms with van der Waals surface area (Å²) in [7, 11) is -18.0. The van der Waals surface area contributed by atoms with E-state index in [9.17, 15) is 0 Å². The number of hydrogen-bond acceptors (Lipinski definition) is 8. The van der Waals surface area contributed by atoms with E-state index in [0.717, 1.165) is 0 Å². The Hall–Kier alpha value is 1.85. The quantitative estimate of drug-likeness (QED) is 0.156. The van der Waals surface area contributed by atoms with E-state index in [4.69, 9.17) is 32.9 Å². The van der Waals surface area contributed by atoms with Gasteiger partial charge >= 0.3 is 18.3 Å². The van der Waals surface area contributed by atoms with Gasteiger partial charge in [0.2, 0.25) is 0 Å². The molecule has 39 heavy (non-hydrogen) atoms. The van der Waals surface area contributed by atoms with E-state index >= 15 is 0 Å². The van der Waals surface area contributed by atoms with Crippen LogP contribution in [0.1, 0.15) is 0 Å². The second-order valence-electron chi connectivity index (χ2n) is 15.9. The highest BCUT2D eigenvalue weighted by molar-refractivity contribution is 6.88. The Balaban J connectivity index is 0. The first-order valence-corrected chi connectivity index (χ1v) is 42.4. The second kappa shape index (κ2) is 16.2. The van der Waals surface area contributed by atoms with Crippen LogP contribution in [0.2, 0.25) is 137 Å². The van der Waals surface area contributed by atoms with E-state index < -0.39 is 86.8 Å². The normalized spacial score (nSPS) is 16.2. The lowest BCUT2D eigenvalue weighted by atomic mass is 11.8. The molecule has 0 amide bonds. The fraction of sp³-hybridized carbons (Fsp3) is 1.00. The maximum absolute atomic E-state index is 6.47. The van der Waals surface area contributed by atoms with Crippen molar-refractivity contribution >= 4 is 86.8 Å². The molecule has 2 atom stereocenters. The standard InChI is InChI=1S/C13H40O5Si6.C8H26O3Si4/c1-20(2,3)14-19(15-21(4,5)6)16-24(13,17-22(7,8)9)18-23(10,11)12;1-12(10-14(3,4)5)9-13(2)11-15(6,7)8/h19H,1-13H3;12-13H,1-8H3. The van der Waals surface area contributed by atoms with Gasteiger partial charge in [-0.2, -0.15) is 0 Å². The van der Waals surface area contributed by atoms with Gasteiger partial charge in [-0.05, 0) is 131 Å². The summed E-state index contributed by atoms with van der Waals surface area (Å²) in [6.07, 6.45) is 0. The van der Waals surface area contributed by atoms with Crippen LogP contribution in [0.15, 0.2) is 0 Å². The van der Waals surface area contributed by atoms with Crippen LogP contribution in [0.4, 0.5) is 0 Å². The summed E-state index contributed by atoms with van der Waals surface area (Å²) < 4.78 is 49.8. The zero-order chi connectivity index (χ0) is 31.9. The first-order valence-electron chi connectivity index (χ1n) is 14.1. The molecule has 0 aromatic rings. The highest BCUT2D eigenvalue weighted by Crippen LogP contribution is 2.25. The van der Waals surface area contributed by atoms with Crippen molar-refractivity contribution in [1.82, 2.24) is 0 Å². The minimum Gasteiger partial charge on any atom is -0.439 e. The Bertz CT molecular complexity index is 640. The zero-order valence-electron chi connectivity index (χ0n) is 29.5. The first kappa shape index (κ1) is 43.0. The van der Waals surface area contributed by atoms with E-state index in [1.54, 1.807) is 0 Å². The Kier molecular flexibility index (Phi) is 17.9. The molecule has 238 valence electrons. The molecule has 18 heteroatoms. The Morgan fingerprint density at radius 1 is 0.333 bits per heavy atom. The van der Waals surface area contributed by atoms with Crippen LogP contribution in [0.5, 0.6) is 0 Å². The lowest BCUT2D eigenvalue weighted by Gasteiger charge is -2.40. The minimum absolute atomic E-state index is 1.43. The fourth-order valence-corrected chi connectivity index (χ4v) is 33.5. The number of rotatable bonds is 16. The van der Waals surface area contributed by atoms with Crippen molar-refractivity contribution in [3.05, 3.63) is 0 Å². The predicted octanol–water partition coefficient (Wildman–Crippen LogP) is 7.10. The van der Waals surface area contributed by atoms with E-state index in [-0.39, 0.29) is 0 Å². The van der Waals surface area contributed by atoms with Crippen molar-refractivity contribution in [3.63, 3.8) is 0 Å². The summed E-state index contributed by atoms with van der Waals surface area (Å²) in [5, 5.41) is 0. The maximum atomic E-state index is 6.47. The van der Waals surface area contributed by atoms with Gasteiger partial charge in [0.1, 0.15) is 0 Å². The summed E-state index contributed by atoms with van der Waals surface area (Å²) in [6.45, 7) is 45.5. The van der Waals surface area contributed by atoms with Crippen LogP contribution in [0.3, 0.4) is 0 Å². The molecule has 0 bridgehead atoms. The van der Waals surface area contributed by atoms with Crippen molar-refractivity contribution in [3.8, 4) is 0 Å². The van der Waals surface area contributed by atoms with Crippen molar-refractivity contribution in [2.24, 2.45) is 0 Å². The summed E-state index contributed by atoms with van der Waals surface area (Å²) in [4.78, 5) is 0. The van der Waals surface area contributed by atoms with Crippen molar-refractivity contribution in [2.75, 3.05) is 0 Å². The molecule has 0 aromatic carbocycles. The van der Waals surface area contributed by atoms with E-state index in [1.807, 2.05) is 6.55 Å². The van der Waals surface area contributed by atoms with Crippen LogP contribution >= 0.6 is 0 Å². The molecule has 0 fully saturated rings. The van der Waals surface area contributed by atoms with Gasteiger partial charge in [0, 0.05) is 6.55 Å². The third-order valence-electron chi connectivity index (χ3n) is 3.62. The van der Waals surface area contributed by atoms with Gasteiger partial charge in [0.05, 0.1) is 0 Å².